The number of carbonyl (C=O) groups excluding carboxylic acids is 2. The smallest absolute Gasteiger partial charge is 0.416 e. The Morgan fingerprint density at radius 2 is 2.00 bits per heavy atom. The molecule has 3 rings (SSSR count). The van der Waals surface area contributed by atoms with Gasteiger partial charge in [0, 0.05) is 5.69 Å². The van der Waals surface area contributed by atoms with Crippen LogP contribution in [0, 0.1) is 0 Å². The first-order valence-corrected chi connectivity index (χ1v) is 9.91. The van der Waals surface area contributed by atoms with E-state index in [4.69, 9.17) is 21.7 Å². The first-order chi connectivity index (χ1) is 14.7. The number of carbonyl (C=O) groups is 2. The number of alkyl halides is 3. The molecule has 11 heteroatoms. The van der Waals surface area contributed by atoms with Gasteiger partial charge in [0.15, 0.2) is 18.1 Å². The van der Waals surface area contributed by atoms with Gasteiger partial charge in [0.05, 0.1) is 17.6 Å². The minimum atomic E-state index is -4.51. The van der Waals surface area contributed by atoms with Crippen molar-refractivity contribution in [1.82, 2.24) is 5.32 Å². The number of methoxy groups -OCH3 is 1. The second-order valence-electron chi connectivity index (χ2n) is 6.18. The van der Waals surface area contributed by atoms with Crippen LogP contribution in [0.15, 0.2) is 47.4 Å². The molecule has 2 amide bonds. The lowest BCUT2D eigenvalue weighted by atomic mass is 10.2. The minimum absolute atomic E-state index is 0.00242. The topological polar surface area (TPSA) is 76.7 Å². The van der Waals surface area contributed by atoms with Gasteiger partial charge in [-0.2, -0.15) is 13.2 Å². The van der Waals surface area contributed by atoms with Crippen molar-refractivity contribution in [1.29, 1.82) is 0 Å². The van der Waals surface area contributed by atoms with Crippen molar-refractivity contribution in [3.63, 3.8) is 0 Å². The molecule has 31 heavy (non-hydrogen) atoms. The predicted octanol–water partition coefficient (Wildman–Crippen LogP) is 4.22. The fourth-order valence-corrected chi connectivity index (χ4v) is 3.62. The molecule has 1 aliphatic rings. The summed E-state index contributed by atoms with van der Waals surface area (Å²) in [4.78, 5) is 24.3. The zero-order valence-corrected chi connectivity index (χ0v) is 17.5. The Labute approximate surface area is 184 Å². The largest absolute Gasteiger partial charge is 0.493 e. The number of hydrogen-bond acceptors (Lipinski definition) is 6. The molecule has 2 aromatic rings. The summed E-state index contributed by atoms with van der Waals surface area (Å²) in [6.45, 7) is -0.445. The second kappa shape index (κ2) is 9.40. The van der Waals surface area contributed by atoms with Crippen LogP contribution in [0.25, 0.3) is 6.08 Å². The molecular formula is C20H15F3N2O4S2. The van der Waals surface area contributed by atoms with E-state index in [0.29, 0.717) is 20.5 Å². The van der Waals surface area contributed by atoms with Gasteiger partial charge in [-0.3, -0.25) is 9.59 Å². The third-order valence-electron chi connectivity index (χ3n) is 3.96. The van der Waals surface area contributed by atoms with Crippen molar-refractivity contribution in [2.75, 3.05) is 19.0 Å². The Hall–Kier alpha value is -3.05. The van der Waals surface area contributed by atoms with Crippen molar-refractivity contribution >= 4 is 51.9 Å². The average molecular weight is 468 g/mol. The summed E-state index contributed by atoms with van der Waals surface area (Å²) in [5.41, 5.74) is -0.213. The van der Waals surface area contributed by atoms with E-state index in [1.54, 1.807) is 24.3 Å². The van der Waals surface area contributed by atoms with Gasteiger partial charge in [-0.15, -0.1) is 0 Å². The van der Waals surface area contributed by atoms with Crippen LogP contribution in [0.5, 0.6) is 11.5 Å². The summed E-state index contributed by atoms with van der Waals surface area (Å²) < 4.78 is 49.4. The van der Waals surface area contributed by atoms with Crippen LogP contribution in [0.4, 0.5) is 18.9 Å². The van der Waals surface area contributed by atoms with Gasteiger partial charge < -0.3 is 20.1 Å². The highest BCUT2D eigenvalue weighted by Gasteiger charge is 2.30. The number of nitrogens with one attached hydrogen (secondary N) is 2. The molecule has 2 N–H and O–H groups in total. The zero-order chi connectivity index (χ0) is 22.6. The van der Waals surface area contributed by atoms with Crippen LogP contribution in [-0.4, -0.2) is 29.9 Å². The van der Waals surface area contributed by atoms with E-state index in [2.05, 4.69) is 10.6 Å². The molecule has 0 radical (unpaired) electrons. The molecule has 1 fully saturated rings. The van der Waals surface area contributed by atoms with E-state index in [1.165, 1.54) is 19.2 Å². The third kappa shape index (κ3) is 5.98. The fourth-order valence-electron chi connectivity index (χ4n) is 2.58. The van der Waals surface area contributed by atoms with E-state index in [-0.39, 0.29) is 17.3 Å². The lowest BCUT2D eigenvalue weighted by Gasteiger charge is -2.12. The molecule has 0 bridgehead atoms. The normalized spacial score (nSPS) is 15.0. The monoisotopic (exact) mass is 468 g/mol. The Balaban J connectivity index is 1.65. The molecule has 0 unspecified atom stereocenters. The van der Waals surface area contributed by atoms with Crippen molar-refractivity contribution < 1.29 is 32.2 Å². The summed E-state index contributed by atoms with van der Waals surface area (Å²) in [6, 6.07) is 9.12. The molecule has 0 atom stereocenters. The Morgan fingerprint density at radius 1 is 1.23 bits per heavy atom. The Bertz CT molecular complexity index is 1070. The average Bonchev–Trinajstić information content (AvgIpc) is 3.03. The molecule has 6 nitrogen and oxygen atoms in total. The molecule has 0 saturated carbocycles. The lowest BCUT2D eigenvalue weighted by molar-refractivity contribution is -0.137. The maximum atomic E-state index is 12.8. The van der Waals surface area contributed by atoms with Crippen LogP contribution in [0.1, 0.15) is 11.1 Å². The van der Waals surface area contributed by atoms with Crippen molar-refractivity contribution in [3.8, 4) is 11.5 Å². The van der Waals surface area contributed by atoms with Crippen LogP contribution in [-0.2, 0) is 15.8 Å². The Morgan fingerprint density at radius 3 is 2.65 bits per heavy atom. The van der Waals surface area contributed by atoms with E-state index in [9.17, 15) is 22.8 Å². The van der Waals surface area contributed by atoms with E-state index >= 15 is 0 Å². The minimum Gasteiger partial charge on any atom is -0.493 e. The maximum Gasteiger partial charge on any atom is 0.416 e. The number of thioether (sulfide) groups is 1. The summed E-state index contributed by atoms with van der Waals surface area (Å²) in [6.07, 6.45) is -2.88. The molecule has 1 aliphatic heterocycles. The lowest BCUT2D eigenvalue weighted by Crippen LogP contribution is -2.20. The van der Waals surface area contributed by atoms with Crippen LogP contribution in [0.2, 0.25) is 0 Å². The number of anilines is 1. The summed E-state index contributed by atoms with van der Waals surface area (Å²) in [5, 5.41) is 4.87. The van der Waals surface area contributed by atoms with Crippen LogP contribution in [0.3, 0.4) is 0 Å². The molecule has 1 heterocycles. The molecule has 0 aliphatic carbocycles. The van der Waals surface area contributed by atoms with Gasteiger partial charge in [-0.05, 0) is 42.0 Å². The number of thiocarbonyl (C=S) groups is 1. The molecule has 0 aromatic heterocycles. The predicted molar refractivity (Wildman–Crippen MR) is 115 cm³/mol. The van der Waals surface area contributed by atoms with Gasteiger partial charge in [-0.25, -0.2) is 0 Å². The van der Waals surface area contributed by atoms with Crippen LogP contribution >= 0.6 is 24.0 Å². The van der Waals surface area contributed by atoms with Gasteiger partial charge in [0.25, 0.3) is 11.8 Å². The molecule has 162 valence electrons. The molecule has 0 spiro atoms. The maximum absolute atomic E-state index is 12.8. The highest BCUT2D eigenvalue weighted by molar-refractivity contribution is 8.26. The van der Waals surface area contributed by atoms with E-state index in [1.807, 2.05) is 0 Å². The van der Waals surface area contributed by atoms with E-state index in [0.717, 1.165) is 23.9 Å². The third-order valence-corrected chi connectivity index (χ3v) is 5.12. The highest BCUT2D eigenvalue weighted by atomic mass is 32.2. The Kier molecular flexibility index (Phi) is 6.86. The van der Waals surface area contributed by atoms with Crippen LogP contribution < -0.4 is 20.1 Å². The number of halogens is 3. The van der Waals surface area contributed by atoms with Crippen molar-refractivity contribution in [2.45, 2.75) is 6.18 Å². The summed E-state index contributed by atoms with van der Waals surface area (Å²) in [5.74, 6) is -0.365. The number of hydrogen-bond donors (Lipinski definition) is 2. The fraction of sp³-hybridized carbons (Fsp3) is 0.150. The molecular weight excluding hydrogens is 453 g/mol. The quantitative estimate of drug-likeness (QED) is 0.489. The number of amides is 2. The number of benzene rings is 2. The molecule has 1 saturated heterocycles. The second-order valence-corrected chi connectivity index (χ2v) is 7.90. The SMILES string of the molecule is COc1cc(/C=C2\SC(=S)NC2=O)ccc1OCC(=O)Nc1cccc(C(F)(F)F)c1. The summed E-state index contributed by atoms with van der Waals surface area (Å²) in [7, 11) is 1.41. The number of ether oxygens (including phenoxy) is 2. The van der Waals surface area contributed by atoms with Crippen molar-refractivity contribution in [2.24, 2.45) is 0 Å². The number of rotatable bonds is 6. The van der Waals surface area contributed by atoms with Gasteiger partial charge in [0.1, 0.15) is 4.32 Å². The van der Waals surface area contributed by atoms with Crippen molar-refractivity contribution in [3.05, 3.63) is 58.5 Å². The first-order valence-electron chi connectivity index (χ1n) is 8.68. The van der Waals surface area contributed by atoms with E-state index < -0.39 is 24.3 Å². The van der Waals surface area contributed by atoms with Gasteiger partial charge in [-0.1, -0.05) is 36.1 Å². The first kappa shape index (κ1) is 22.6. The van der Waals surface area contributed by atoms with Gasteiger partial charge in [0.2, 0.25) is 0 Å². The zero-order valence-electron chi connectivity index (χ0n) is 15.9. The highest BCUT2D eigenvalue weighted by Crippen LogP contribution is 2.32. The molecule has 2 aromatic carbocycles. The summed E-state index contributed by atoms with van der Waals surface area (Å²) >= 11 is 6.08. The standard InChI is InChI=1S/C20H15F3N2O4S2/c1-28-15-7-11(8-16-18(27)25-19(30)31-16)5-6-14(15)29-10-17(26)24-13-4-2-3-12(9-13)20(21,22)23/h2-9H,10H2,1H3,(H,24,26)(H,25,27,30)/b16-8-. The van der Waals surface area contributed by atoms with Gasteiger partial charge >= 0.3 is 6.18 Å².